The molecule has 1 heterocycles. The number of rotatable bonds is 22. The van der Waals surface area contributed by atoms with E-state index in [0.717, 1.165) is 0 Å². The Bertz CT molecular complexity index is 3290. The van der Waals surface area contributed by atoms with Gasteiger partial charge in [0.25, 0.3) is 60.7 Å². The van der Waals surface area contributed by atoms with Crippen LogP contribution in [0.2, 0.25) is 0 Å². The van der Waals surface area contributed by atoms with E-state index in [9.17, 15) is 77.8 Å². The van der Waals surface area contributed by atoms with Crippen LogP contribution < -0.4 is 0 Å². The molecule has 8 aliphatic rings. The Kier molecular flexibility index (Phi) is 23.7. The highest BCUT2D eigenvalue weighted by Crippen LogP contribution is 2.45. The van der Waals surface area contributed by atoms with E-state index in [4.69, 9.17) is 14.1 Å². The molecule has 0 radical (unpaired) electrons. The van der Waals surface area contributed by atoms with Crippen LogP contribution in [0.1, 0.15) is 179 Å². The third-order valence-corrected chi connectivity index (χ3v) is 28.4. The van der Waals surface area contributed by atoms with Gasteiger partial charge in [0.1, 0.15) is 0 Å². The molecule has 0 aromatic carbocycles. The summed E-state index contributed by atoms with van der Waals surface area (Å²) in [5.41, 5.74) is 0. The zero-order valence-electron chi connectivity index (χ0n) is 51.1. The maximum Gasteiger partial charge on any atom is 0.268 e. The minimum Gasteiger partial charge on any atom is -0.379 e. The number of hydrogen-bond donors (Lipinski definition) is 6. The fraction of sp³-hybridized carbons (Fsp3) is 0.926. The summed E-state index contributed by atoms with van der Waals surface area (Å²) in [6.07, 6.45) is 14.7. The van der Waals surface area contributed by atoms with E-state index in [-0.39, 0.29) is 113 Å². The Labute approximate surface area is 533 Å². The van der Waals surface area contributed by atoms with Crippen molar-refractivity contribution in [1.29, 1.82) is 0 Å². The average molecular weight is 1410 g/mol. The molecule has 1 aromatic heterocycles. The van der Waals surface area contributed by atoms with Crippen molar-refractivity contribution in [3.63, 3.8) is 0 Å². The Morgan fingerprint density at radius 1 is 0.330 bits per heavy atom. The molecule has 91 heavy (non-hydrogen) atoms. The van der Waals surface area contributed by atoms with Gasteiger partial charge in [0.05, 0.1) is 104 Å². The number of ether oxygens (including phenoxy) is 2. The first kappa shape index (κ1) is 71.9. The number of allylic oxidation sites excluding steroid dienone is 4. The summed E-state index contributed by atoms with van der Waals surface area (Å²) in [6, 6.07) is -4.04. The van der Waals surface area contributed by atoms with Crippen molar-refractivity contribution in [2.75, 3.05) is 14.2 Å². The van der Waals surface area contributed by atoms with E-state index in [2.05, 4.69) is 40.9 Å². The maximum absolute atomic E-state index is 13.0. The van der Waals surface area contributed by atoms with E-state index in [1.54, 1.807) is 38.5 Å². The van der Waals surface area contributed by atoms with E-state index in [1.807, 2.05) is 0 Å². The molecule has 0 spiro atoms. The summed E-state index contributed by atoms with van der Waals surface area (Å²) >= 11 is 0. The fourth-order valence-corrected chi connectivity index (χ4v) is 21.8. The molecule has 0 saturated heterocycles. The van der Waals surface area contributed by atoms with Gasteiger partial charge in [-0.25, -0.2) is 0 Å². The van der Waals surface area contributed by atoms with Gasteiger partial charge in [0.15, 0.2) is 0 Å². The highest BCUT2D eigenvalue weighted by atomic mass is 32.2. The van der Waals surface area contributed by atoms with E-state index < -0.39 is 140 Å². The van der Waals surface area contributed by atoms with Gasteiger partial charge in [0.2, 0.25) is 0 Å². The smallest absolute Gasteiger partial charge is 0.268 e. The lowest BCUT2D eigenvalue weighted by Gasteiger charge is -2.34. The predicted molar refractivity (Wildman–Crippen MR) is 328 cm³/mol. The van der Waals surface area contributed by atoms with Crippen LogP contribution in [0.3, 0.4) is 0 Å². The van der Waals surface area contributed by atoms with Crippen LogP contribution in [0.4, 0.5) is 0 Å². The van der Waals surface area contributed by atoms with E-state index in [0.29, 0.717) is 103 Å². The van der Waals surface area contributed by atoms with Crippen LogP contribution in [-0.2, 0) is 70.2 Å². The number of nitrogens with zero attached hydrogens (tertiary/aromatic N) is 10. The first-order valence-electron chi connectivity index (χ1n) is 31.8. The minimum atomic E-state index is -4.70. The summed E-state index contributed by atoms with van der Waals surface area (Å²) in [5, 5.41) is 29.0. The lowest BCUT2D eigenvalue weighted by Crippen LogP contribution is -2.38. The normalized spacial score (nSPS) is 39.5. The SMILES string of the molecule is COC1CC(N=NC2CCCC(S(=O)(=O)O)C2)CCC1N=NC1CCC(C=CC2CCC(n3on3C3CCC(C=CC4CCC(N=NC5CCC(N=NC6CCCC(S(=O)(=O)O)C6)CC5OC)CC4S(=O)(=O)O)C(S(=O)(=O)O)C3)CC2S(=O)(=O)O)C(S(=O)(=O)O)C1. The molecule has 8 fully saturated rings. The molecule has 0 amide bonds. The average Bonchev–Trinajstić information content (AvgIpc) is 1.75. The summed E-state index contributed by atoms with van der Waals surface area (Å²) in [6.45, 7) is 0. The lowest BCUT2D eigenvalue weighted by molar-refractivity contribution is 0.0452. The van der Waals surface area contributed by atoms with E-state index in [1.165, 1.54) is 9.71 Å². The maximum atomic E-state index is 13.0. The Morgan fingerprint density at radius 3 is 0.934 bits per heavy atom. The molecular formula is C54H90N10O21S6. The molecule has 0 bridgehead atoms. The third kappa shape index (κ3) is 19.5. The van der Waals surface area contributed by atoms with Crippen molar-refractivity contribution in [3.05, 3.63) is 24.3 Å². The standard InChI is InChI=1S/C54H90N10O21S6/c1-83-49-27-39(57-55-37-5-3-7-45(25-37)86(65,66)67)19-23-47(49)61-59-41-17-13-33(51(29-41)88(71,72)73)9-11-35-15-21-43(31-53(35)90(77,78)79)63-64(85-63)44-22-16-36(54(32-44)91(80,81)82)12-10-34-14-18-42(30-52(34)89(74,75)76)60-62-48-24-20-40(28-50(48)84-2)58-56-38-6-4-8-46(26-38)87(68,69)70/h9-12,33-54H,3-8,13-32H2,1-2H3,(H,65,66,67)(H,68,69,70)(H,71,72,73)(H,74,75,76)(H,77,78,79)(H,80,81,82). The van der Waals surface area contributed by atoms with Gasteiger partial charge in [-0.15, -0.1) is 0 Å². The molecule has 8 aliphatic carbocycles. The first-order valence-corrected chi connectivity index (χ1v) is 40.8. The second-order valence-corrected chi connectivity index (χ2v) is 36.6. The minimum absolute atomic E-state index is 0.0596. The molecule has 0 aliphatic heterocycles. The highest BCUT2D eigenvalue weighted by Gasteiger charge is 2.47. The first-order chi connectivity index (χ1) is 42.7. The number of hydrogen-bond acceptors (Lipinski definition) is 23. The van der Waals surface area contributed by atoms with Gasteiger partial charge >= 0.3 is 0 Å². The Morgan fingerprint density at radius 2 is 0.615 bits per heavy atom. The molecule has 8 saturated carbocycles. The van der Waals surface area contributed by atoms with Crippen LogP contribution in [0.25, 0.3) is 0 Å². The fourth-order valence-electron chi connectivity index (χ4n) is 15.4. The van der Waals surface area contributed by atoms with Gasteiger partial charge < -0.3 is 9.47 Å². The van der Waals surface area contributed by atoms with Crippen molar-refractivity contribution in [2.24, 2.45) is 64.6 Å². The van der Waals surface area contributed by atoms with Crippen molar-refractivity contribution in [1.82, 2.24) is 9.71 Å². The molecule has 31 nitrogen and oxygen atoms in total. The second kappa shape index (κ2) is 30.0. The van der Waals surface area contributed by atoms with Crippen LogP contribution in [0.15, 0.2) is 69.8 Å². The van der Waals surface area contributed by atoms with Crippen LogP contribution in [0.5, 0.6) is 0 Å². The number of aromatic nitrogens is 2. The van der Waals surface area contributed by atoms with Gasteiger partial charge in [-0.2, -0.15) is 91.4 Å². The van der Waals surface area contributed by atoms with Gasteiger partial charge in [-0.1, -0.05) is 34.0 Å². The van der Waals surface area contributed by atoms with Crippen molar-refractivity contribution < 1.29 is 91.9 Å². The van der Waals surface area contributed by atoms with Crippen LogP contribution in [0, 0.1) is 23.7 Å². The lowest BCUT2D eigenvalue weighted by atomic mass is 9.81. The molecule has 37 heteroatoms. The number of azo groups is 4. The largest absolute Gasteiger partial charge is 0.379 e. The van der Waals surface area contributed by atoms with Gasteiger partial charge in [0, 0.05) is 14.2 Å². The Hall–Kier alpha value is -3.34. The molecule has 9 rings (SSSR count). The van der Waals surface area contributed by atoms with Gasteiger partial charge in [-0.05, 0) is 191 Å². The summed E-state index contributed by atoms with van der Waals surface area (Å²) < 4.78 is 229. The number of methoxy groups -OCH3 is 2. The zero-order valence-corrected chi connectivity index (χ0v) is 56.0. The van der Waals surface area contributed by atoms with Crippen molar-refractivity contribution in [3.8, 4) is 0 Å². The molecule has 6 N–H and O–H groups in total. The second-order valence-electron chi connectivity index (χ2n) is 26.6. The van der Waals surface area contributed by atoms with Gasteiger partial charge in [-0.3, -0.25) is 31.9 Å². The quantitative estimate of drug-likeness (QED) is 0.0362. The van der Waals surface area contributed by atoms with Crippen LogP contribution in [-0.4, -0.2) is 194 Å². The van der Waals surface area contributed by atoms with Crippen molar-refractivity contribution >= 4 is 60.7 Å². The summed E-state index contributed by atoms with van der Waals surface area (Å²) in [5.74, 6) is -2.95. The molecule has 1 aromatic rings. The Balaban J connectivity index is 0.754. The predicted octanol–water partition coefficient (Wildman–Crippen LogP) is 8.12. The topological polar surface area (TPSA) is 467 Å². The summed E-state index contributed by atoms with van der Waals surface area (Å²) in [4.78, 5) is 2.87. The summed E-state index contributed by atoms with van der Waals surface area (Å²) in [7, 11) is -23.9. The monoisotopic (exact) mass is 1410 g/mol. The highest BCUT2D eigenvalue weighted by molar-refractivity contribution is 7.87. The van der Waals surface area contributed by atoms with E-state index >= 15 is 0 Å². The zero-order chi connectivity index (χ0) is 65.8. The molecule has 22 unspecified atom stereocenters. The van der Waals surface area contributed by atoms with Crippen molar-refractivity contribution in [2.45, 2.75) is 271 Å². The molecular weight excluding hydrogens is 1320 g/mol. The van der Waals surface area contributed by atoms with Crippen LogP contribution >= 0.6 is 0 Å². The molecule has 22 atom stereocenters. The third-order valence-electron chi connectivity index (χ3n) is 20.6. The molecule has 518 valence electrons.